The van der Waals surface area contributed by atoms with Crippen molar-refractivity contribution >= 4 is 55.1 Å². The number of benzene rings is 2. The highest BCUT2D eigenvalue weighted by Crippen LogP contribution is 2.40. The summed E-state index contributed by atoms with van der Waals surface area (Å²) in [7, 11) is 0. The second-order valence-corrected chi connectivity index (χ2v) is 6.70. The molecule has 110 valence electrons. The van der Waals surface area contributed by atoms with E-state index < -0.39 is 0 Å². The lowest BCUT2D eigenvalue weighted by molar-refractivity contribution is -0.110. The largest absolute Gasteiger partial charge is 0.454 e. The smallest absolute Gasteiger partial charge is 0.256 e. The summed E-state index contributed by atoms with van der Waals surface area (Å²) in [6.45, 7) is 0.220. The SMILES string of the molecule is O=C1Nc2ccc(Br)cc2C1=Cc1cc2c(cc1Br)OCO2. The number of rotatable bonds is 1. The summed E-state index contributed by atoms with van der Waals surface area (Å²) < 4.78 is 12.5. The van der Waals surface area contributed by atoms with Crippen LogP contribution in [0.15, 0.2) is 39.3 Å². The van der Waals surface area contributed by atoms with E-state index >= 15 is 0 Å². The average molecular weight is 423 g/mol. The standard InChI is InChI=1S/C16H9Br2NO3/c17-9-1-2-13-10(5-9)11(16(20)19-13)3-8-4-14-15(6-12(8)18)22-7-21-14/h1-6H,7H2,(H,19,20). The molecule has 2 aromatic carbocycles. The third-order valence-electron chi connectivity index (χ3n) is 3.56. The molecule has 2 aromatic rings. The zero-order valence-electron chi connectivity index (χ0n) is 11.2. The van der Waals surface area contributed by atoms with Crippen LogP contribution in [0.4, 0.5) is 5.69 Å². The minimum absolute atomic E-state index is 0.113. The van der Waals surface area contributed by atoms with Crippen molar-refractivity contribution in [2.45, 2.75) is 0 Å². The van der Waals surface area contributed by atoms with Gasteiger partial charge in [0.05, 0.1) is 0 Å². The molecule has 0 saturated heterocycles. The van der Waals surface area contributed by atoms with Crippen LogP contribution in [-0.2, 0) is 4.79 Å². The average Bonchev–Trinajstić information content (AvgIpc) is 3.04. The van der Waals surface area contributed by atoms with Crippen LogP contribution < -0.4 is 14.8 Å². The zero-order valence-corrected chi connectivity index (χ0v) is 14.3. The van der Waals surface area contributed by atoms with Crippen LogP contribution >= 0.6 is 31.9 Å². The first-order valence-electron chi connectivity index (χ1n) is 6.54. The number of fused-ring (bicyclic) bond motifs is 2. The van der Waals surface area contributed by atoms with Gasteiger partial charge in [0.1, 0.15) is 0 Å². The number of hydrogen-bond donors (Lipinski definition) is 1. The summed E-state index contributed by atoms with van der Waals surface area (Å²) in [4.78, 5) is 12.2. The van der Waals surface area contributed by atoms with Gasteiger partial charge in [-0.2, -0.15) is 0 Å². The van der Waals surface area contributed by atoms with E-state index in [-0.39, 0.29) is 12.7 Å². The van der Waals surface area contributed by atoms with E-state index in [4.69, 9.17) is 9.47 Å². The lowest BCUT2D eigenvalue weighted by Crippen LogP contribution is -2.03. The first-order valence-corrected chi connectivity index (χ1v) is 8.12. The van der Waals surface area contributed by atoms with Gasteiger partial charge >= 0.3 is 0 Å². The molecule has 0 spiro atoms. The Bertz CT molecular complexity index is 846. The molecule has 0 atom stereocenters. The van der Waals surface area contributed by atoms with Gasteiger partial charge in [-0.05, 0) is 42.0 Å². The monoisotopic (exact) mass is 421 g/mol. The van der Waals surface area contributed by atoms with E-state index in [2.05, 4.69) is 37.2 Å². The molecule has 0 bridgehead atoms. The number of carbonyl (C=O) groups excluding carboxylic acids is 1. The number of anilines is 1. The number of amides is 1. The predicted molar refractivity (Wildman–Crippen MR) is 90.9 cm³/mol. The van der Waals surface area contributed by atoms with Crippen molar-refractivity contribution in [2.24, 2.45) is 0 Å². The molecule has 1 N–H and O–H groups in total. The molecular weight excluding hydrogens is 414 g/mol. The van der Waals surface area contributed by atoms with E-state index in [1.807, 2.05) is 36.4 Å². The molecule has 0 aromatic heterocycles. The second kappa shape index (κ2) is 5.14. The highest BCUT2D eigenvalue weighted by molar-refractivity contribution is 9.10. The van der Waals surface area contributed by atoms with E-state index in [9.17, 15) is 4.79 Å². The number of hydrogen-bond acceptors (Lipinski definition) is 3. The van der Waals surface area contributed by atoms with Gasteiger partial charge in [0, 0.05) is 25.8 Å². The minimum Gasteiger partial charge on any atom is -0.454 e. The summed E-state index contributed by atoms with van der Waals surface area (Å²) in [6, 6.07) is 9.43. The summed E-state index contributed by atoms with van der Waals surface area (Å²) in [5.74, 6) is 1.27. The molecule has 4 nitrogen and oxygen atoms in total. The Morgan fingerprint density at radius 3 is 2.68 bits per heavy atom. The van der Waals surface area contributed by atoms with E-state index in [0.717, 1.165) is 25.8 Å². The van der Waals surface area contributed by atoms with Gasteiger partial charge in [-0.25, -0.2) is 0 Å². The number of nitrogens with one attached hydrogen (secondary N) is 1. The first-order chi connectivity index (χ1) is 10.6. The van der Waals surface area contributed by atoms with Crippen LogP contribution in [0.1, 0.15) is 11.1 Å². The van der Waals surface area contributed by atoms with Gasteiger partial charge in [0.2, 0.25) is 6.79 Å². The maximum Gasteiger partial charge on any atom is 0.256 e. The number of ether oxygens (including phenoxy) is 2. The molecule has 0 unspecified atom stereocenters. The van der Waals surface area contributed by atoms with E-state index in [1.165, 1.54) is 0 Å². The van der Waals surface area contributed by atoms with Crippen molar-refractivity contribution < 1.29 is 14.3 Å². The highest BCUT2D eigenvalue weighted by atomic mass is 79.9. The van der Waals surface area contributed by atoms with Crippen molar-refractivity contribution in [3.8, 4) is 11.5 Å². The topological polar surface area (TPSA) is 47.6 Å². The third kappa shape index (κ3) is 2.23. The quantitative estimate of drug-likeness (QED) is 0.691. The molecule has 22 heavy (non-hydrogen) atoms. The Kier molecular flexibility index (Phi) is 3.23. The molecule has 0 fully saturated rings. The van der Waals surface area contributed by atoms with Crippen LogP contribution in [0.3, 0.4) is 0 Å². The lowest BCUT2D eigenvalue weighted by atomic mass is 10.0. The molecule has 2 heterocycles. The van der Waals surface area contributed by atoms with Gasteiger partial charge in [-0.15, -0.1) is 0 Å². The van der Waals surface area contributed by atoms with Crippen molar-refractivity contribution in [1.29, 1.82) is 0 Å². The summed E-state index contributed by atoms with van der Waals surface area (Å²) >= 11 is 6.95. The summed E-state index contributed by atoms with van der Waals surface area (Å²) in [6.07, 6.45) is 1.85. The number of halogens is 2. The van der Waals surface area contributed by atoms with Crippen LogP contribution in [0.2, 0.25) is 0 Å². The molecule has 4 rings (SSSR count). The Morgan fingerprint density at radius 1 is 1.09 bits per heavy atom. The first kappa shape index (κ1) is 13.8. The van der Waals surface area contributed by atoms with Gasteiger partial charge in [-0.3, -0.25) is 4.79 Å². The molecule has 6 heteroatoms. The van der Waals surface area contributed by atoms with Gasteiger partial charge in [0.25, 0.3) is 5.91 Å². The Hall–Kier alpha value is -1.79. The number of carbonyl (C=O) groups is 1. The van der Waals surface area contributed by atoms with Crippen molar-refractivity contribution in [3.05, 3.63) is 50.4 Å². The minimum atomic E-state index is -0.113. The Labute approximate surface area is 143 Å². The normalized spacial score (nSPS) is 16.8. The van der Waals surface area contributed by atoms with Crippen LogP contribution in [-0.4, -0.2) is 12.7 Å². The molecule has 1 amide bonds. The Morgan fingerprint density at radius 2 is 1.86 bits per heavy atom. The van der Waals surface area contributed by atoms with Gasteiger partial charge < -0.3 is 14.8 Å². The van der Waals surface area contributed by atoms with E-state index in [0.29, 0.717) is 17.1 Å². The van der Waals surface area contributed by atoms with Crippen molar-refractivity contribution in [2.75, 3.05) is 12.1 Å². The molecule has 2 aliphatic heterocycles. The van der Waals surface area contributed by atoms with E-state index in [1.54, 1.807) is 0 Å². The van der Waals surface area contributed by atoms with Crippen LogP contribution in [0.5, 0.6) is 11.5 Å². The van der Waals surface area contributed by atoms with Crippen molar-refractivity contribution in [3.63, 3.8) is 0 Å². The van der Waals surface area contributed by atoms with Crippen molar-refractivity contribution in [1.82, 2.24) is 0 Å². The Balaban J connectivity index is 1.84. The van der Waals surface area contributed by atoms with Gasteiger partial charge in [0.15, 0.2) is 11.5 Å². The fourth-order valence-corrected chi connectivity index (χ4v) is 3.30. The maximum atomic E-state index is 12.2. The second-order valence-electron chi connectivity index (χ2n) is 4.93. The summed E-state index contributed by atoms with van der Waals surface area (Å²) in [5, 5.41) is 2.87. The molecule has 0 radical (unpaired) electrons. The molecular formula is C16H9Br2NO3. The third-order valence-corrected chi connectivity index (χ3v) is 4.74. The summed E-state index contributed by atoms with van der Waals surface area (Å²) in [5.41, 5.74) is 3.18. The fourth-order valence-electron chi connectivity index (χ4n) is 2.50. The highest BCUT2D eigenvalue weighted by Gasteiger charge is 2.25. The van der Waals surface area contributed by atoms with Crippen LogP contribution in [0.25, 0.3) is 11.6 Å². The fraction of sp³-hybridized carbons (Fsp3) is 0.0625. The molecule has 0 saturated carbocycles. The lowest BCUT2D eigenvalue weighted by Gasteiger charge is -2.04. The maximum absolute atomic E-state index is 12.2. The zero-order chi connectivity index (χ0) is 15.3. The predicted octanol–water partition coefficient (Wildman–Crippen LogP) is 4.43. The van der Waals surface area contributed by atoms with Crippen LogP contribution in [0, 0.1) is 0 Å². The molecule has 2 aliphatic rings. The van der Waals surface area contributed by atoms with Gasteiger partial charge in [-0.1, -0.05) is 31.9 Å². The molecule has 0 aliphatic carbocycles.